The van der Waals surface area contributed by atoms with Crippen LogP contribution in [0.2, 0.25) is 0 Å². The normalized spacial score (nSPS) is 11.7. The highest BCUT2D eigenvalue weighted by molar-refractivity contribution is 9.10. The van der Waals surface area contributed by atoms with Crippen LogP contribution in [-0.4, -0.2) is 10.1 Å². The molecule has 2 N–H and O–H groups in total. The zero-order valence-electron chi connectivity index (χ0n) is 16.5. The minimum atomic E-state index is 0.109. The van der Waals surface area contributed by atoms with E-state index < -0.39 is 0 Å². The van der Waals surface area contributed by atoms with E-state index in [2.05, 4.69) is 53.3 Å². The second-order valence-corrected chi connectivity index (χ2v) is 7.83. The van der Waals surface area contributed by atoms with Gasteiger partial charge in [0.1, 0.15) is 0 Å². The van der Waals surface area contributed by atoms with Crippen LogP contribution in [-0.2, 0) is 12.8 Å². The first-order chi connectivity index (χ1) is 14.1. The summed E-state index contributed by atoms with van der Waals surface area (Å²) in [5, 5.41) is 14.6. The Balaban J connectivity index is 2.13. The number of benzene rings is 2. The van der Waals surface area contributed by atoms with Crippen LogP contribution in [0.4, 0.5) is 5.69 Å². The predicted molar refractivity (Wildman–Crippen MR) is 128 cm³/mol. The summed E-state index contributed by atoms with van der Waals surface area (Å²) in [6.07, 6.45) is 5.55. The van der Waals surface area contributed by atoms with Gasteiger partial charge in [-0.1, -0.05) is 78.4 Å². The number of nitrogens with one attached hydrogen (secondary N) is 1. The van der Waals surface area contributed by atoms with Gasteiger partial charge in [-0.2, -0.15) is 4.57 Å². The van der Waals surface area contributed by atoms with E-state index in [0.717, 1.165) is 23.0 Å². The van der Waals surface area contributed by atoms with Crippen LogP contribution in [0.25, 0.3) is 11.5 Å². The SMILES string of the molecule is CCc1cccc(CC)c1NC(=S)/C(=C(\O)c1ccccc1Br)[n+]1ccccc1. The molecule has 1 heterocycles. The topological polar surface area (TPSA) is 36.1 Å². The number of aromatic nitrogens is 1. The summed E-state index contributed by atoms with van der Waals surface area (Å²) in [5.41, 5.74) is 4.63. The minimum Gasteiger partial charge on any atom is -0.502 e. The van der Waals surface area contributed by atoms with Gasteiger partial charge in [0.05, 0.1) is 0 Å². The number of hydrogen-bond acceptors (Lipinski definition) is 2. The number of halogens is 1. The molecule has 2 aromatic carbocycles. The number of aliphatic hydroxyl groups is 1. The van der Waals surface area contributed by atoms with E-state index in [1.54, 1.807) is 0 Å². The van der Waals surface area contributed by atoms with Gasteiger partial charge in [-0.3, -0.25) is 0 Å². The molecule has 0 radical (unpaired) electrons. The lowest BCUT2D eigenvalue weighted by Gasteiger charge is -2.16. The quantitative estimate of drug-likeness (QED) is 0.196. The Kier molecular flexibility index (Phi) is 7.18. The third-order valence-corrected chi connectivity index (χ3v) is 5.77. The highest BCUT2D eigenvalue weighted by Crippen LogP contribution is 2.28. The molecule has 0 fully saturated rings. The molecule has 5 heteroatoms. The zero-order chi connectivity index (χ0) is 20.8. The Bertz CT molecular complexity index is 1030. The molecule has 0 unspecified atom stereocenters. The molecular formula is C24H24BrN2OS+. The molecule has 0 spiro atoms. The van der Waals surface area contributed by atoms with Gasteiger partial charge in [-0.15, -0.1) is 0 Å². The maximum absolute atomic E-state index is 11.2. The molecule has 3 aromatic rings. The lowest BCUT2D eigenvalue weighted by Crippen LogP contribution is -2.38. The first kappa shape index (κ1) is 21.2. The van der Waals surface area contributed by atoms with E-state index in [-0.39, 0.29) is 5.76 Å². The highest BCUT2D eigenvalue weighted by atomic mass is 79.9. The van der Waals surface area contributed by atoms with Crippen molar-refractivity contribution in [2.45, 2.75) is 26.7 Å². The number of para-hydroxylation sites is 1. The molecule has 0 saturated carbocycles. The molecule has 3 nitrogen and oxygen atoms in total. The van der Waals surface area contributed by atoms with Gasteiger partial charge >= 0.3 is 0 Å². The van der Waals surface area contributed by atoms with Crippen LogP contribution in [0.15, 0.2) is 77.5 Å². The van der Waals surface area contributed by atoms with E-state index in [4.69, 9.17) is 12.2 Å². The Labute approximate surface area is 185 Å². The minimum absolute atomic E-state index is 0.109. The molecule has 1 aromatic heterocycles. The summed E-state index contributed by atoms with van der Waals surface area (Å²) in [7, 11) is 0. The molecule has 148 valence electrons. The third-order valence-electron chi connectivity index (χ3n) is 4.78. The van der Waals surface area contributed by atoms with Gasteiger partial charge in [0.25, 0.3) is 5.70 Å². The Morgan fingerprint density at radius 2 is 1.55 bits per heavy atom. The van der Waals surface area contributed by atoms with Crippen molar-refractivity contribution < 1.29 is 9.67 Å². The number of anilines is 1. The Morgan fingerprint density at radius 1 is 0.931 bits per heavy atom. The lowest BCUT2D eigenvalue weighted by molar-refractivity contribution is -0.575. The largest absolute Gasteiger partial charge is 0.502 e. The van der Waals surface area contributed by atoms with Crippen molar-refractivity contribution in [3.05, 3.63) is 94.2 Å². The second kappa shape index (κ2) is 9.81. The summed E-state index contributed by atoms with van der Waals surface area (Å²) in [6.45, 7) is 4.26. The fourth-order valence-electron chi connectivity index (χ4n) is 3.25. The molecule has 0 bridgehead atoms. The van der Waals surface area contributed by atoms with Crippen molar-refractivity contribution in [3.63, 3.8) is 0 Å². The van der Waals surface area contributed by atoms with E-state index in [9.17, 15) is 5.11 Å². The highest BCUT2D eigenvalue weighted by Gasteiger charge is 2.25. The van der Waals surface area contributed by atoms with Crippen LogP contribution in [0.3, 0.4) is 0 Å². The van der Waals surface area contributed by atoms with E-state index in [0.29, 0.717) is 16.2 Å². The van der Waals surface area contributed by atoms with E-state index >= 15 is 0 Å². The number of nitrogens with zero attached hydrogens (tertiary/aromatic N) is 1. The maximum atomic E-state index is 11.2. The van der Waals surface area contributed by atoms with Crippen molar-refractivity contribution >= 4 is 50.3 Å². The van der Waals surface area contributed by atoms with Crippen molar-refractivity contribution in [2.24, 2.45) is 0 Å². The third kappa shape index (κ3) is 4.74. The van der Waals surface area contributed by atoms with Gasteiger partial charge in [-0.05, 0) is 36.1 Å². The molecule has 3 rings (SSSR count). The average Bonchev–Trinajstić information content (AvgIpc) is 2.75. The van der Waals surface area contributed by atoms with Gasteiger partial charge in [-0.25, -0.2) is 0 Å². The molecule has 0 aliphatic heterocycles. The maximum Gasteiger partial charge on any atom is 0.288 e. The zero-order valence-corrected chi connectivity index (χ0v) is 18.9. The Morgan fingerprint density at radius 3 is 2.14 bits per heavy atom. The summed E-state index contributed by atoms with van der Waals surface area (Å²) in [5.74, 6) is 0.109. The monoisotopic (exact) mass is 467 g/mol. The molecule has 0 atom stereocenters. The molecule has 0 saturated heterocycles. The van der Waals surface area contributed by atoms with Crippen LogP contribution in [0.5, 0.6) is 0 Å². The molecule has 0 aliphatic rings. The van der Waals surface area contributed by atoms with Gasteiger partial charge in [0.15, 0.2) is 23.1 Å². The van der Waals surface area contributed by atoms with E-state index in [1.807, 2.05) is 59.4 Å². The first-order valence-corrected chi connectivity index (χ1v) is 10.8. The van der Waals surface area contributed by atoms with Gasteiger partial charge in [0.2, 0.25) is 0 Å². The molecule has 29 heavy (non-hydrogen) atoms. The van der Waals surface area contributed by atoms with Gasteiger partial charge < -0.3 is 10.4 Å². The lowest BCUT2D eigenvalue weighted by atomic mass is 10.0. The van der Waals surface area contributed by atoms with E-state index in [1.165, 1.54) is 11.1 Å². The van der Waals surface area contributed by atoms with Crippen molar-refractivity contribution in [2.75, 3.05) is 5.32 Å². The van der Waals surface area contributed by atoms with Crippen LogP contribution < -0.4 is 9.88 Å². The number of aryl methyl sites for hydroxylation is 2. The summed E-state index contributed by atoms with van der Waals surface area (Å²) in [6, 6.07) is 19.6. The van der Waals surface area contributed by atoms with Gasteiger partial charge in [0, 0.05) is 27.9 Å². The predicted octanol–water partition coefficient (Wildman–Crippen LogP) is 6.18. The number of hydrogen-bond donors (Lipinski definition) is 2. The first-order valence-electron chi connectivity index (χ1n) is 9.63. The standard InChI is InChI=1S/C24H23BrN2OS/c1-3-17-11-10-12-18(4-2)21(17)26-24(29)22(27-15-8-5-9-16-27)23(28)19-13-6-7-14-20(19)25/h5-16H,3-4H2,1-2H3,(H-,26,28,29)/p+1. The molecule has 0 amide bonds. The van der Waals surface area contributed by atoms with Crippen molar-refractivity contribution in [1.29, 1.82) is 0 Å². The number of thiocarbonyl (C=S) groups is 1. The smallest absolute Gasteiger partial charge is 0.288 e. The number of rotatable bonds is 6. The Hall–Kier alpha value is -2.50. The number of aliphatic hydroxyl groups excluding tert-OH is 1. The summed E-state index contributed by atoms with van der Waals surface area (Å²) >= 11 is 9.34. The summed E-state index contributed by atoms with van der Waals surface area (Å²) in [4.78, 5) is 0.463. The van der Waals surface area contributed by atoms with Crippen LogP contribution in [0.1, 0.15) is 30.5 Å². The average molecular weight is 468 g/mol. The molecular weight excluding hydrogens is 444 g/mol. The molecule has 0 aliphatic carbocycles. The van der Waals surface area contributed by atoms with Crippen molar-refractivity contribution in [1.82, 2.24) is 0 Å². The second-order valence-electron chi connectivity index (χ2n) is 6.57. The van der Waals surface area contributed by atoms with Crippen LogP contribution >= 0.6 is 28.1 Å². The van der Waals surface area contributed by atoms with Crippen molar-refractivity contribution in [3.8, 4) is 0 Å². The number of pyridine rings is 1. The fourth-order valence-corrected chi connectivity index (χ4v) is 4.03. The van der Waals surface area contributed by atoms with Crippen LogP contribution in [0, 0.1) is 0 Å². The fraction of sp³-hybridized carbons (Fsp3) is 0.167. The summed E-state index contributed by atoms with van der Waals surface area (Å²) < 4.78 is 2.64.